The van der Waals surface area contributed by atoms with Crippen molar-refractivity contribution < 1.29 is 14.3 Å². The van der Waals surface area contributed by atoms with E-state index in [-0.39, 0.29) is 18.4 Å². The number of benzene rings is 1. The molecule has 0 aliphatic rings. The normalized spacial score (nSPS) is 10.1. The lowest BCUT2D eigenvalue weighted by molar-refractivity contribution is -0.123. The van der Waals surface area contributed by atoms with E-state index in [1.54, 1.807) is 19.2 Å². The van der Waals surface area contributed by atoms with Gasteiger partial charge in [0.15, 0.2) is 0 Å². The molecule has 0 unspecified atom stereocenters. The third-order valence-electron chi connectivity index (χ3n) is 2.45. The number of halogens is 1. The zero-order chi connectivity index (χ0) is 14.3. The minimum absolute atomic E-state index is 0.000675. The van der Waals surface area contributed by atoms with Gasteiger partial charge in [0, 0.05) is 30.7 Å². The van der Waals surface area contributed by atoms with Gasteiger partial charge in [0.25, 0.3) is 0 Å². The second kappa shape index (κ2) is 7.91. The Morgan fingerprint density at radius 2 is 1.95 bits per heavy atom. The Bertz CT molecular complexity index is 434. The zero-order valence-corrected chi connectivity index (χ0v) is 12.6. The van der Waals surface area contributed by atoms with Crippen molar-refractivity contribution in [2.24, 2.45) is 0 Å². The van der Waals surface area contributed by atoms with Gasteiger partial charge in [-0.2, -0.15) is 0 Å². The van der Waals surface area contributed by atoms with E-state index in [9.17, 15) is 9.59 Å². The maximum atomic E-state index is 11.7. The van der Waals surface area contributed by atoms with Gasteiger partial charge in [-0.1, -0.05) is 15.9 Å². The Kier molecular flexibility index (Phi) is 6.52. The van der Waals surface area contributed by atoms with Crippen LogP contribution in [-0.2, 0) is 14.3 Å². The van der Waals surface area contributed by atoms with E-state index in [1.807, 2.05) is 12.1 Å². The van der Waals surface area contributed by atoms with Gasteiger partial charge >= 0.3 is 0 Å². The van der Waals surface area contributed by atoms with Gasteiger partial charge in [-0.25, -0.2) is 0 Å². The first-order valence-electron chi connectivity index (χ1n) is 5.84. The molecule has 0 radical (unpaired) electrons. The van der Waals surface area contributed by atoms with E-state index in [0.717, 1.165) is 4.47 Å². The van der Waals surface area contributed by atoms with E-state index in [2.05, 4.69) is 21.2 Å². The van der Waals surface area contributed by atoms with E-state index in [1.165, 1.54) is 11.8 Å². The topological polar surface area (TPSA) is 58.6 Å². The molecule has 2 amide bonds. The summed E-state index contributed by atoms with van der Waals surface area (Å²) < 4.78 is 5.76. The number of rotatable bonds is 6. The summed E-state index contributed by atoms with van der Waals surface area (Å²) in [6.07, 6.45) is 0. The highest BCUT2D eigenvalue weighted by atomic mass is 79.9. The van der Waals surface area contributed by atoms with E-state index >= 15 is 0 Å². The van der Waals surface area contributed by atoms with Crippen molar-refractivity contribution in [1.82, 2.24) is 5.32 Å². The summed E-state index contributed by atoms with van der Waals surface area (Å²) in [7, 11) is 1.57. The third kappa shape index (κ3) is 5.40. The second-order valence-corrected chi connectivity index (χ2v) is 4.84. The highest BCUT2D eigenvalue weighted by Crippen LogP contribution is 2.18. The van der Waals surface area contributed by atoms with Gasteiger partial charge in [0.1, 0.15) is 6.54 Å². The highest BCUT2D eigenvalue weighted by Gasteiger charge is 2.15. The molecular formula is C13H17BrN2O3. The van der Waals surface area contributed by atoms with E-state index in [0.29, 0.717) is 18.8 Å². The van der Waals surface area contributed by atoms with Crippen molar-refractivity contribution in [2.75, 3.05) is 31.7 Å². The van der Waals surface area contributed by atoms with Crippen LogP contribution in [0.1, 0.15) is 6.92 Å². The number of carbonyl (C=O) groups excluding carboxylic acids is 2. The molecule has 1 aromatic rings. The smallest absolute Gasteiger partial charge is 0.240 e. The Hall–Kier alpha value is -1.40. The molecule has 0 heterocycles. The largest absolute Gasteiger partial charge is 0.383 e. The summed E-state index contributed by atoms with van der Waals surface area (Å²) in [6, 6.07) is 7.23. The Morgan fingerprint density at radius 3 is 2.47 bits per heavy atom. The Labute approximate surface area is 121 Å². The summed E-state index contributed by atoms with van der Waals surface area (Å²) in [4.78, 5) is 24.7. The quantitative estimate of drug-likeness (QED) is 0.806. The fourth-order valence-electron chi connectivity index (χ4n) is 1.50. The Balaban J connectivity index is 2.65. The second-order valence-electron chi connectivity index (χ2n) is 3.92. The van der Waals surface area contributed by atoms with Crippen molar-refractivity contribution in [3.63, 3.8) is 0 Å². The van der Waals surface area contributed by atoms with Gasteiger partial charge < -0.3 is 15.0 Å². The molecule has 1 rings (SSSR count). The van der Waals surface area contributed by atoms with Gasteiger partial charge in [-0.3, -0.25) is 9.59 Å². The first-order valence-corrected chi connectivity index (χ1v) is 6.63. The minimum Gasteiger partial charge on any atom is -0.383 e. The number of methoxy groups -OCH3 is 1. The third-order valence-corrected chi connectivity index (χ3v) is 2.98. The van der Waals surface area contributed by atoms with Crippen LogP contribution < -0.4 is 10.2 Å². The van der Waals surface area contributed by atoms with Crippen LogP contribution in [0.15, 0.2) is 28.7 Å². The van der Waals surface area contributed by atoms with Crippen molar-refractivity contribution in [1.29, 1.82) is 0 Å². The number of anilines is 1. The van der Waals surface area contributed by atoms with Crippen LogP contribution in [0.25, 0.3) is 0 Å². The number of nitrogens with one attached hydrogen (secondary N) is 1. The van der Waals surface area contributed by atoms with Gasteiger partial charge in [0.2, 0.25) is 11.8 Å². The molecule has 0 fully saturated rings. The zero-order valence-electron chi connectivity index (χ0n) is 11.0. The molecule has 6 heteroatoms. The highest BCUT2D eigenvalue weighted by molar-refractivity contribution is 9.10. The molecule has 1 N–H and O–H groups in total. The maximum Gasteiger partial charge on any atom is 0.240 e. The first-order chi connectivity index (χ1) is 9.04. The first kappa shape index (κ1) is 15.7. The maximum absolute atomic E-state index is 11.7. The summed E-state index contributed by atoms with van der Waals surface area (Å²) >= 11 is 3.33. The number of nitrogens with zero attached hydrogens (tertiary/aromatic N) is 1. The summed E-state index contributed by atoms with van der Waals surface area (Å²) in [5.41, 5.74) is 0.692. The number of hydrogen-bond donors (Lipinski definition) is 1. The van der Waals surface area contributed by atoms with Crippen molar-refractivity contribution in [3.8, 4) is 0 Å². The van der Waals surface area contributed by atoms with Crippen LogP contribution in [0.3, 0.4) is 0 Å². The molecule has 0 bridgehead atoms. The average molecular weight is 329 g/mol. The van der Waals surface area contributed by atoms with Gasteiger partial charge in [-0.15, -0.1) is 0 Å². The molecule has 104 valence electrons. The van der Waals surface area contributed by atoms with Crippen LogP contribution in [0.5, 0.6) is 0 Å². The summed E-state index contributed by atoms with van der Waals surface area (Å²) in [6.45, 7) is 2.32. The molecule has 0 aliphatic carbocycles. The van der Waals surface area contributed by atoms with Gasteiger partial charge in [-0.05, 0) is 24.3 Å². The van der Waals surface area contributed by atoms with Crippen molar-refractivity contribution >= 4 is 33.4 Å². The van der Waals surface area contributed by atoms with Crippen molar-refractivity contribution in [2.45, 2.75) is 6.92 Å². The molecule has 5 nitrogen and oxygen atoms in total. The summed E-state index contributed by atoms with van der Waals surface area (Å²) in [5, 5.41) is 2.68. The predicted molar refractivity (Wildman–Crippen MR) is 77.1 cm³/mol. The van der Waals surface area contributed by atoms with E-state index < -0.39 is 0 Å². The lowest BCUT2D eigenvalue weighted by atomic mass is 10.3. The average Bonchev–Trinajstić information content (AvgIpc) is 2.37. The van der Waals surface area contributed by atoms with E-state index in [4.69, 9.17) is 4.74 Å². The molecule has 0 saturated heterocycles. The minimum atomic E-state index is -0.213. The Morgan fingerprint density at radius 1 is 1.32 bits per heavy atom. The number of ether oxygens (including phenoxy) is 1. The van der Waals surface area contributed by atoms with Crippen LogP contribution in [0, 0.1) is 0 Å². The SMILES string of the molecule is COCCNC(=O)CN(C(C)=O)c1ccc(Br)cc1. The molecule has 0 saturated carbocycles. The fraction of sp³-hybridized carbons (Fsp3) is 0.385. The summed E-state index contributed by atoms with van der Waals surface area (Å²) in [5.74, 6) is -0.389. The lowest BCUT2D eigenvalue weighted by Gasteiger charge is -2.20. The molecule has 0 spiro atoms. The molecule has 0 aliphatic heterocycles. The number of amides is 2. The van der Waals surface area contributed by atoms with Crippen LogP contribution in [0.2, 0.25) is 0 Å². The predicted octanol–water partition coefficient (Wildman–Crippen LogP) is 1.56. The molecule has 19 heavy (non-hydrogen) atoms. The fourth-order valence-corrected chi connectivity index (χ4v) is 1.76. The van der Waals surface area contributed by atoms with Crippen molar-refractivity contribution in [3.05, 3.63) is 28.7 Å². The van der Waals surface area contributed by atoms with Gasteiger partial charge in [0.05, 0.1) is 6.61 Å². The monoisotopic (exact) mass is 328 g/mol. The van der Waals surface area contributed by atoms with Crippen LogP contribution >= 0.6 is 15.9 Å². The number of hydrogen-bond acceptors (Lipinski definition) is 3. The van der Waals surface area contributed by atoms with Crippen LogP contribution in [0.4, 0.5) is 5.69 Å². The number of carbonyl (C=O) groups is 2. The molecule has 0 aromatic heterocycles. The molecule has 0 atom stereocenters. The molecular weight excluding hydrogens is 312 g/mol. The van der Waals surface area contributed by atoms with Crippen LogP contribution in [-0.4, -0.2) is 38.6 Å². The molecule has 1 aromatic carbocycles. The lowest BCUT2D eigenvalue weighted by Crippen LogP contribution is -2.40. The standard InChI is InChI=1S/C13H17BrN2O3/c1-10(17)16(9-13(18)15-7-8-19-2)12-5-3-11(14)4-6-12/h3-6H,7-9H2,1-2H3,(H,15,18).